The number of para-hydroxylation sites is 1. The fraction of sp³-hybridized carbons (Fsp3) is 0.222. The number of aromatic nitrogens is 2. The summed E-state index contributed by atoms with van der Waals surface area (Å²) in [5, 5.41) is 2.79. The first-order chi connectivity index (χ1) is 17.6. The van der Waals surface area contributed by atoms with E-state index in [2.05, 4.69) is 10.3 Å². The maximum atomic E-state index is 13.5. The van der Waals surface area contributed by atoms with Gasteiger partial charge in [-0.3, -0.25) is 9.36 Å². The second kappa shape index (κ2) is 10.3. The number of alkyl halides is 3. The molecule has 0 bridgehead atoms. The van der Waals surface area contributed by atoms with Crippen LogP contribution in [0.2, 0.25) is 0 Å². The molecule has 0 aliphatic heterocycles. The number of nitrogens with zero attached hydrogens (tertiary/aromatic N) is 2. The van der Waals surface area contributed by atoms with Crippen LogP contribution in [0.15, 0.2) is 60.9 Å². The number of anilines is 1. The zero-order chi connectivity index (χ0) is 26.7. The van der Waals surface area contributed by atoms with Crippen LogP contribution in [0.1, 0.15) is 38.3 Å². The number of aryl methyl sites for hydroxylation is 1. The van der Waals surface area contributed by atoms with Crippen molar-refractivity contribution in [2.24, 2.45) is 0 Å². The summed E-state index contributed by atoms with van der Waals surface area (Å²) in [6, 6.07) is 14.9. The van der Waals surface area contributed by atoms with Crippen molar-refractivity contribution in [1.82, 2.24) is 9.55 Å². The summed E-state index contributed by atoms with van der Waals surface area (Å²) in [5.41, 5.74) is 3.46. The SMILES string of the molecule is COC(=O)c1ccc(-n2cnc3c(NCCC(F)(F)F)cc(C(=O)c4ccccc4OC)cc32)cc1C. The standard InChI is InChI=1S/C27H24F3N3O4/c1-16-12-18(8-9-19(16)26(35)37-3)33-15-32-24-21(31-11-10-27(28,29)30)13-17(14-22(24)33)25(34)20-6-4-5-7-23(20)36-2/h4-9,12-15,31H,10-11H2,1-3H3. The predicted octanol–water partition coefficient (Wildman–Crippen LogP) is 5.72. The zero-order valence-corrected chi connectivity index (χ0v) is 20.3. The fourth-order valence-corrected chi connectivity index (χ4v) is 4.05. The number of benzene rings is 3. The molecule has 4 aromatic rings. The Hall–Kier alpha value is -4.34. The Morgan fingerprint density at radius 3 is 2.46 bits per heavy atom. The van der Waals surface area contributed by atoms with Crippen LogP contribution in [0.25, 0.3) is 16.7 Å². The minimum Gasteiger partial charge on any atom is -0.496 e. The van der Waals surface area contributed by atoms with E-state index in [1.54, 1.807) is 60.0 Å². The van der Waals surface area contributed by atoms with E-state index >= 15 is 0 Å². The van der Waals surface area contributed by atoms with Gasteiger partial charge in [-0.15, -0.1) is 0 Å². The summed E-state index contributed by atoms with van der Waals surface area (Å²) in [6.45, 7) is 1.38. The van der Waals surface area contributed by atoms with Crippen molar-refractivity contribution >= 4 is 28.5 Å². The van der Waals surface area contributed by atoms with Crippen LogP contribution in [0.4, 0.5) is 18.9 Å². The summed E-state index contributed by atoms with van der Waals surface area (Å²) in [7, 11) is 2.75. The number of methoxy groups -OCH3 is 2. The molecule has 4 rings (SSSR count). The van der Waals surface area contributed by atoms with Gasteiger partial charge < -0.3 is 14.8 Å². The van der Waals surface area contributed by atoms with Gasteiger partial charge in [-0.05, 0) is 55.0 Å². The topological polar surface area (TPSA) is 82.5 Å². The normalized spacial score (nSPS) is 11.4. The minimum absolute atomic E-state index is 0.246. The van der Waals surface area contributed by atoms with Crippen molar-refractivity contribution in [2.75, 3.05) is 26.1 Å². The van der Waals surface area contributed by atoms with E-state index in [0.717, 1.165) is 0 Å². The Morgan fingerprint density at radius 1 is 1.03 bits per heavy atom. The molecule has 0 radical (unpaired) electrons. The number of nitrogens with one attached hydrogen (secondary N) is 1. The second-order valence-corrected chi connectivity index (χ2v) is 8.32. The fourth-order valence-electron chi connectivity index (χ4n) is 4.05. The molecule has 1 heterocycles. The Kier molecular flexibility index (Phi) is 7.19. The van der Waals surface area contributed by atoms with Crippen molar-refractivity contribution < 1.29 is 32.2 Å². The van der Waals surface area contributed by atoms with Gasteiger partial charge in [0.1, 0.15) is 17.6 Å². The first-order valence-electron chi connectivity index (χ1n) is 11.3. The smallest absolute Gasteiger partial charge is 0.390 e. The molecule has 1 N–H and O–H groups in total. The number of fused-ring (bicyclic) bond motifs is 1. The van der Waals surface area contributed by atoms with Gasteiger partial charge in [0.25, 0.3) is 0 Å². The number of carbonyl (C=O) groups is 2. The summed E-state index contributed by atoms with van der Waals surface area (Å²) in [6.07, 6.45) is -3.87. The number of carbonyl (C=O) groups excluding carboxylic acids is 2. The molecule has 0 unspecified atom stereocenters. The lowest BCUT2D eigenvalue weighted by atomic mass is 10.0. The summed E-state index contributed by atoms with van der Waals surface area (Å²) in [5.74, 6) is -0.453. The van der Waals surface area contributed by atoms with Crippen LogP contribution in [-0.4, -0.2) is 48.2 Å². The van der Waals surface area contributed by atoms with Crippen LogP contribution in [0, 0.1) is 6.92 Å². The van der Waals surface area contributed by atoms with E-state index in [1.807, 2.05) is 0 Å². The Morgan fingerprint density at radius 2 is 1.78 bits per heavy atom. The van der Waals surface area contributed by atoms with Gasteiger partial charge in [-0.2, -0.15) is 13.2 Å². The van der Waals surface area contributed by atoms with Gasteiger partial charge in [0.2, 0.25) is 0 Å². The molecule has 0 atom stereocenters. The van der Waals surface area contributed by atoms with E-state index in [4.69, 9.17) is 9.47 Å². The third-order valence-electron chi connectivity index (χ3n) is 5.88. The van der Waals surface area contributed by atoms with Crippen LogP contribution >= 0.6 is 0 Å². The van der Waals surface area contributed by atoms with Gasteiger partial charge in [-0.1, -0.05) is 12.1 Å². The van der Waals surface area contributed by atoms with Crippen LogP contribution in [0.5, 0.6) is 5.75 Å². The average molecular weight is 512 g/mol. The number of ether oxygens (including phenoxy) is 2. The van der Waals surface area contributed by atoms with E-state index in [1.165, 1.54) is 26.6 Å². The third-order valence-corrected chi connectivity index (χ3v) is 5.88. The largest absolute Gasteiger partial charge is 0.496 e. The van der Waals surface area contributed by atoms with Gasteiger partial charge in [0.05, 0.1) is 43.0 Å². The molecule has 3 aromatic carbocycles. The highest BCUT2D eigenvalue weighted by Crippen LogP contribution is 2.31. The van der Waals surface area contributed by atoms with E-state index in [0.29, 0.717) is 44.8 Å². The summed E-state index contributed by atoms with van der Waals surface area (Å²) >= 11 is 0. The molecule has 0 saturated carbocycles. The van der Waals surface area contributed by atoms with E-state index < -0.39 is 18.6 Å². The van der Waals surface area contributed by atoms with Gasteiger partial charge >= 0.3 is 12.1 Å². The van der Waals surface area contributed by atoms with Crippen LogP contribution in [0.3, 0.4) is 0 Å². The van der Waals surface area contributed by atoms with Gasteiger partial charge in [0.15, 0.2) is 5.78 Å². The van der Waals surface area contributed by atoms with E-state index in [-0.39, 0.29) is 17.9 Å². The van der Waals surface area contributed by atoms with Crippen molar-refractivity contribution in [3.63, 3.8) is 0 Å². The summed E-state index contributed by atoms with van der Waals surface area (Å²) < 4.78 is 50.2. The lowest BCUT2D eigenvalue weighted by molar-refractivity contribution is -0.131. The number of imidazole rings is 1. The molecule has 37 heavy (non-hydrogen) atoms. The molecular formula is C27H24F3N3O4. The molecule has 0 fully saturated rings. The number of rotatable bonds is 8. The molecule has 1 aromatic heterocycles. The molecule has 0 saturated heterocycles. The molecule has 0 spiro atoms. The number of hydrogen-bond acceptors (Lipinski definition) is 6. The molecule has 10 heteroatoms. The number of ketones is 1. The first kappa shape index (κ1) is 25.7. The van der Waals surface area contributed by atoms with Crippen LogP contribution in [-0.2, 0) is 4.74 Å². The molecular weight excluding hydrogens is 487 g/mol. The minimum atomic E-state index is -4.34. The Balaban J connectivity index is 1.84. The molecule has 192 valence electrons. The maximum Gasteiger partial charge on any atom is 0.390 e. The number of halogens is 3. The highest BCUT2D eigenvalue weighted by Gasteiger charge is 2.27. The number of esters is 1. The molecule has 0 amide bonds. The van der Waals surface area contributed by atoms with Crippen LogP contribution < -0.4 is 10.1 Å². The average Bonchev–Trinajstić information content (AvgIpc) is 3.31. The van der Waals surface area contributed by atoms with Gasteiger partial charge in [0, 0.05) is 17.8 Å². The zero-order valence-electron chi connectivity index (χ0n) is 20.3. The molecule has 7 nitrogen and oxygen atoms in total. The Labute approximate surface area is 210 Å². The van der Waals surface area contributed by atoms with Gasteiger partial charge in [-0.25, -0.2) is 9.78 Å². The lowest BCUT2D eigenvalue weighted by Gasteiger charge is -2.13. The van der Waals surface area contributed by atoms with Crippen molar-refractivity contribution in [3.8, 4) is 11.4 Å². The highest BCUT2D eigenvalue weighted by molar-refractivity contribution is 6.13. The maximum absolute atomic E-state index is 13.5. The highest BCUT2D eigenvalue weighted by atomic mass is 19.4. The second-order valence-electron chi connectivity index (χ2n) is 8.32. The summed E-state index contributed by atoms with van der Waals surface area (Å²) in [4.78, 5) is 29.9. The monoisotopic (exact) mass is 511 g/mol. The van der Waals surface area contributed by atoms with Crippen molar-refractivity contribution in [1.29, 1.82) is 0 Å². The lowest BCUT2D eigenvalue weighted by Crippen LogP contribution is -2.15. The van der Waals surface area contributed by atoms with E-state index in [9.17, 15) is 22.8 Å². The molecule has 0 aliphatic rings. The third kappa shape index (κ3) is 5.42. The number of hydrogen-bond donors (Lipinski definition) is 1. The van der Waals surface area contributed by atoms with Crippen molar-refractivity contribution in [3.05, 3.63) is 83.2 Å². The first-order valence-corrected chi connectivity index (χ1v) is 11.3. The predicted molar refractivity (Wildman–Crippen MR) is 133 cm³/mol. The quantitative estimate of drug-likeness (QED) is 0.241. The van der Waals surface area contributed by atoms with Crippen molar-refractivity contribution in [2.45, 2.75) is 19.5 Å². The molecule has 0 aliphatic carbocycles. The Bertz CT molecular complexity index is 1480.